The number of aromatic amines is 1. The minimum atomic E-state index is -0.0181. The maximum Gasteiger partial charge on any atom is 0.154 e. The topological polar surface area (TPSA) is 62.0 Å². The molecule has 0 unspecified atom stereocenters. The Morgan fingerprint density at radius 2 is 2.43 bits per heavy atom. The zero-order valence-electron chi connectivity index (χ0n) is 7.95. The largest absolute Gasteiger partial charge is 0.463 e. The SMILES string of the molecule is CCc1[nH]nc(-c2ccco2)c1CO. The zero-order chi connectivity index (χ0) is 9.97. The molecule has 0 aliphatic rings. The average Bonchev–Trinajstić information content (AvgIpc) is 2.85. The zero-order valence-corrected chi connectivity index (χ0v) is 7.95. The van der Waals surface area contributed by atoms with Crippen molar-refractivity contribution in [2.75, 3.05) is 0 Å². The summed E-state index contributed by atoms with van der Waals surface area (Å²) in [5.74, 6) is 0.685. The van der Waals surface area contributed by atoms with Crippen molar-refractivity contribution in [1.82, 2.24) is 10.2 Å². The van der Waals surface area contributed by atoms with Crippen LogP contribution in [-0.4, -0.2) is 15.3 Å². The summed E-state index contributed by atoms with van der Waals surface area (Å²) in [5.41, 5.74) is 2.48. The lowest BCUT2D eigenvalue weighted by Gasteiger charge is -1.97. The van der Waals surface area contributed by atoms with E-state index in [4.69, 9.17) is 4.42 Å². The van der Waals surface area contributed by atoms with Crippen LogP contribution in [0.5, 0.6) is 0 Å². The summed E-state index contributed by atoms with van der Waals surface area (Å²) in [4.78, 5) is 0. The van der Waals surface area contributed by atoms with Crippen molar-refractivity contribution in [3.8, 4) is 11.5 Å². The number of aliphatic hydroxyl groups is 1. The van der Waals surface area contributed by atoms with Crippen LogP contribution in [0.15, 0.2) is 22.8 Å². The molecule has 0 fully saturated rings. The van der Waals surface area contributed by atoms with Gasteiger partial charge in [-0.2, -0.15) is 5.10 Å². The maximum absolute atomic E-state index is 9.22. The minimum Gasteiger partial charge on any atom is -0.463 e. The quantitative estimate of drug-likeness (QED) is 0.778. The molecule has 2 aromatic heterocycles. The molecule has 0 aliphatic carbocycles. The van der Waals surface area contributed by atoms with Gasteiger partial charge in [-0.15, -0.1) is 0 Å². The van der Waals surface area contributed by atoms with Gasteiger partial charge in [0.2, 0.25) is 0 Å². The number of furan rings is 1. The molecule has 74 valence electrons. The van der Waals surface area contributed by atoms with Crippen molar-refractivity contribution in [3.63, 3.8) is 0 Å². The summed E-state index contributed by atoms with van der Waals surface area (Å²) in [6, 6.07) is 3.63. The molecule has 0 aliphatic heterocycles. The summed E-state index contributed by atoms with van der Waals surface area (Å²) >= 11 is 0. The second kappa shape index (κ2) is 3.67. The summed E-state index contributed by atoms with van der Waals surface area (Å²) < 4.78 is 5.23. The smallest absolute Gasteiger partial charge is 0.154 e. The number of hydrogen-bond donors (Lipinski definition) is 2. The lowest BCUT2D eigenvalue weighted by Crippen LogP contribution is -1.90. The van der Waals surface area contributed by atoms with E-state index in [1.165, 1.54) is 0 Å². The van der Waals surface area contributed by atoms with Gasteiger partial charge in [0.05, 0.1) is 12.9 Å². The second-order valence-electron chi connectivity index (χ2n) is 3.02. The number of aliphatic hydroxyl groups excluding tert-OH is 1. The number of aromatic nitrogens is 2. The van der Waals surface area contributed by atoms with Crippen LogP contribution in [0.3, 0.4) is 0 Å². The first-order chi connectivity index (χ1) is 6.86. The predicted octanol–water partition coefficient (Wildman–Crippen LogP) is 1.72. The second-order valence-corrected chi connectivity index (χ2v) is 3.02. The van der Waals surface area contributed by atoms with Crippen molar-refractivity contribution in [3.05, 3.63) is 29.7 Å². The summed E-state index contributed by atoms with van der Waals surface area (Å²) in [6.07, 6.45) is 2.42. The Balaban J connectivity index is 2.48. The van der Waals surface area contributed by atoms with E-state index in [1.807, 2.05) is 13.0 Å². The van der Waals surface area contributed by atoms with Gasteiger partial charge in [-0.1, -0.05) is 6.92 Å². The van der Waals surface area contributed by atoms with Gasteiger partial charge >= 0.3 is 0 Å². The van der Waals surface area contributed by atoms with E-state index in [2.05, 4.69) is 10.2 Å². The molecule has 4 nitrogen and oxygen atoms in total. The Labute approximate surface area is 81.6 Å². The van der Waals surface area contributed by atoms with Gasteiger partial charge in [0.15, 0.2) is 5.76 Å². The van der Waals surface area contributed by atoms with Crippen LogP contribution in [0.1, 0.15) is 18.2 Å². The first-order valence-electron chi connectivity index (χ1n) is 4.57. The highest BCUT2D eigenvalue weighted by Crippen LogP contribution is 2.24. The highest BCUT2D eigenvalue weighted by Gasteiger charge is 2.14. The predicted molar refractivity (Wildman–Crippen MR) is 51.6 cm³/mol. The van der Waals surface area contributed by atoms with E-state index in [-0.39, 0.29) is 6.61 Å². The molecule has 2 N–H and O–H groups in total. The van der Waals surface area contributed by atoms with Crippen LogP contribution in [0, 0.1) is 0 Å². The summed E-state index contributed by atoms with van der Waals surface area (Å²) in [7, 11) is 0. The van der Waals surface area contributed by atoms with Crippen molar-refractivity contribution >= 4 is 0 Å². The molecule has 2 aromatic rings. The molecule has 0 atom stereocenters. The average molecular weight is 192 g/mol. The van der Waals surface area contributed by atoms with Gasteiger partial charge in [-0.05, 0) is 18.6 Å². The molecule has 0 saturated heterocycles. The van der Waals surface area contributed by atoms with Crippen LogP contribution in [0.25, 0.3) is 11.5 Å². The maximum atomic E-state index is 9.22. The van der Waals surface area contributed by atoms with Gasteiger partial charge in [0, 0.05) is 11.3 Å². The molecule has 0 aromatic carbocycles. The molecule has 0 spiro atoms. The molecule has 0 saturated carbocycles. The fraction of sp³-hybridized carbons (Fsp3) is 0.300. The molecular formula is C10H12N2O2. The van der Waals surface area contributed by atoms with E-state index in [9.17, 15) is 5.11 Å². The van der Waals surface area contributed by atoms with Gasteiger partial charge < -0.3 is 9.52 Å². The van der Waals surface area contributed by atoms with E-state index in [0.29, 0.717) is 11.5 Å². The molecule has 2 rings (SSSR count). The van der Waals surface area contributed by atoms with Crippen molar-refractivity contribution < 1.29 is 9.52 Å². The van der Waals surface area contributed by atoms with Crippen molar-refractivity contribution in [2.45, 2.75) is 20.0 Å². The number of nitrogens with one attached hydrogen (secondary N) is 1. The Hall–Kier alpha value is -1.55. The fourth-order valence-corrected chi connectivity index (χ4v) is 1.48. The molecular weight excluding hydrogens is 180 g/mol. The normalized spacial score (nSPS) is 10.7. The van der Waals surface area contributed by atoms with E-state index in [0.717, 1.165) is 17.7 Å². The Kier molecular flexibility index (Phi) is 2.37. The molecule has 0 amide bonds. The van der Waals surface area contributed by atoms with E-state index in [1.54, 1.807) is 12.3 Å². The number of rotatable bonds is 3. The third-order valence-corrected chi connectivity index (χ3v) is 2.22. The Morgan fingerprint density at radius 1 is 1.57 bits per heavy atom. The van der Waals surface area contributed by atoms with E-state index >= 15 is 0 Å². The number of H-pyrrole nitrogens is 1. The van der Waals surface area contributed by atoms with Gasteiger partial charge in [-0.3, -0.25) is 5.10 Å². The monoisotopic (exact) mass is 192 g/mol. The van der Waals surface area contributed by atoms with Crippen molar-refractivity contribution in [2.24, 2.45) is 0 Å². The summed E-state index contributed by atoms with van der Waals surface area (Å²) in [6.45, 7) is 1.99. The number of aryl methyl sites for hydroxylation is 1. The van der Waals surface area contributed by atoms with Crippen LogP contribution in [0.2, 0.25) is 0 Å². The molecule has 2 heterocycles. The highest BCUT2D eigenvalue weighted by atomic mass is 16.3. The third-order valence-electron chi connectivity index (χ3n) is 2.22. The van der Waals surface area contributed by atoms with Crippen LogP contribution >= 0.6 is 0 Å². The highest BCUT2D eigenvalue weighted by molar-refractivity contribution is 5.57. The summed E-state index contributed by atoms with van der Waals surface area (Å²) in [5, 5.41) is 16.2. The fourth-order valence-electron chi connectivity index (χ4n) is 1.48. The van der Waals surface area contributed by atoms with Gasteiger partial charge in [0.1, 0.15) is 5.69 Å². The van der Waals surface area contributed by atoms with Crippen LogP contribution in [-0.2, 0) is 13.0 Å². The first kappa shape index (κ1) is 9.02. The Morgan fingerprint density at radius 3 is 3.00 bits per heavy atom. The third kappa shape index (κ3) is 1.33. The number of hydrogen-bond acceptors (Lipinski definition) is 3. The molecule has 14 heavy (non-hydrogen) atoms. The Bertz CT molecular complexity index is 404. The molecule has 0 bridgehead atoms. The minimum absolute atomic E-state index is 0.0181. The van der Waals surface area contributed by atoms with Gasteiger partial charge in [-0.25, -0.2) is 0 Å². The number of nitrogens with zero attached hydrogens (tertiary/aromatic N) is 1. The van der Waals surface area contributed by atoms with Gasteiger partial charge in [0.25, 0.3) is 0 Å². The molecule has 0 radical (unpaired) electrons. The first-order valence-corrected chi connectivity index (χ1v) is 4.57. The van der Waals surface area contributed by atoms with Crippen LogP contribution < -0.4 is 0 Å². The van der Waals surface area contributed by atoms with Crippen LogP contribution in [0.4, 0.5) is 0 Å². The lowest BCUT2D eigenvalue weighted by atomic mass is 10.1. The van der Waals surface area contributed by atoms with Crippen molar-refractivity contribution in [1.29, 1.82) is 0 Å². The molecule has 4 heteroatoms. The lowest BCUT2D eigenvalue weighted by molar-refractivity contribution is 0.281. The standard InChI is InChI=1S/C10H12N2O2/c1-2-8-7(6-13)10(12-11-8)9-4-3-5-14-9/h3-5,13H,2,6H2,1H3,(H,11,12). The van der Waals surface area contributed by atoms with E-state index < -0.39 is 0 Å².